The summed E-state index contributed by atoms with van der Waals surface area (Å²) in [4.78, 5) is 12.1. The van der Waals surface area contributed by atoms with Crippen LogP contribution in [-0.4, -0.2) is 12.6 Å². The quantitative estimate of drug-likeness (QED) is 0.609. The van der Waals surface area contributed by atoms with Crippen LogP contribution < -0.4 is 0 Å². The van der Waals surface area contributed by atoms with E-state index in [-0.39, 0.29) is 5.97 Å². The number of hydrogen-bond acceptors (Lipinski definition) is 2. The Balaban J connectivity index is 3.10. The van der Waals surface area contributed by atoms with Crippen molar-refractivity contribution < 1.29 is 9.53 Å². The van der Waals surface area contributed by atoms with Crippen molar-refractivity contribution in [1.29, 1.82) is 0 Å². The van der Waals surface area contributed by atoms with E-state index < -0.39 is 5.41 Å². The van der Waals surface area contributed by atoms with Crippen molar-refractivity contribution >= 4 is 21.9 Å². The molecule has 0 saturated carbocycles. The van der Waals surface area contributed by atoms with Crippen molar-refractivity contribution in [1.82, 2.24) is 0 Å². The number of carbonyl (C=O) groups excluding carboxylic acids is 1. The van der Waals surface area contributed by atoms with Crippen molar-refractivity contribution in [2.45, 2.75) is 25.7 Å². The largest absolute Gasteiger partial charge is 0.465 e. The van der Waals surface area contributed by atoms with Crippen LogP contribution in [0.3, 0.4) is 0 Å². The molecule has 17 heavy (non-hydrogen) atoms. The van der Waals surface area contributed by atoms with Gasteiger partial charge < -0.3 is 4.74 Å². The van der Waals surface area contributed by atoms with Gasteiger partial charge in [0.1, 0.15) is 0 Å². The van der Waals surface area contributed by atoms with E-state index in [0.717, 1.165) is 10.0 Å². The number of carbonyl (C=O) groups is 1. The van der Waals surface area contributed by atoms with E-state index in [1.54, 1.807) is 6.08 Å². The van der Waals surface area contributed by atoms with E-state index in [1.807, 2.05) is 38.1 Å². The molecule has 0 spiro atoms. The molecule has 0 N–H and O–H groups in total. The van der Waals surface area contributed by atoms with E-state index >= 15 is 0 Å². The summed E-state index contributed by atoms with van der Waals surface area (Å²) in [5.74, 6) is -0.206. The minimum absolute atomic E-state index is 0.206. The van der Waals surface area contributed by atoms with Gasteiger partial charge in [-0.1, -0.05) is 34.1 Å². The van der Waals surface area contributed by atoms with Crippen molar-refractivity contribution in [3.63, 3.8) is 0 Å². The van der Waals surface area contributed by atoms with Gasteiger partial charge >= 0.3 is 5.97 Å². The summed E-state index contributed by atoms with van der Waals surface area (Å²) in [6, 6.07) is 7.72. The highest BCUT2D eigenvalue weighted by molar-refractivity contribution is 9.10. The SMILES string of the molecule is C=CCC(C)(C(=O)OCC)c1ccc(Br)cc1. The first-order valence-electron chi connectivity index (χ1n) is 5.58. The molecule has 0 aliphatic rings. The highest BCUT2D eigenvalue weighted by Gasteiger charge is 2.35. The van der Waals surface area contributed by atoms with Crippen molar-refractivity contribution in [2.75, 3.05) is 6.61 Å². The van der Waals surface area contributed by atoms with Gasteiger partial charge in [0, 0.05) is 4.47 Å². The average Bonchev–Trinajstić information content (AvgIpc) is 2.30. The molecule has 0 bridgehead atoms. The van der Waals surface area contributed by atoms with Crippen LogP contribution in [0.25, 0.3) is 0 Å². The number of esters is 1. The molecule has 0 heterocycles. The molecule has 0 aromatic heterocycles. The molecule has 92 valence electrons. The predicted molar refractivity (Wildman–Crippen MR) is 72.9 cm³/mol. The molecular weight excluding hydrogens is 280 g/mol. The lowest BCUT2D eigenvalue weighted by Gasteiger charge is -2.26. The van der Waals surface area contributed by atoms with Gasteiger partial charge in [0.2, 0.25) is 0 Å². The van der Waals surface area contributed by atoms with Crippen LogP contribution in [0, 0.1) is 0 Å². The second kappa shape index (κ2) is 6.01. The van der Waals surface area contributed by atoms with Crippen LogP contribution in [-0.2, 0) is 14.9 Å². The van der Waals surface area contributed by atoms with Crippen molar-refractivity contribution in [2.24, 2.45) is 0 Å². The van der Waals surface area contributed by atoms with Gasteiger partial charge in [-0.2, -0.15) is 0 Å². The van der Waals surface area contributed by atoms with Gasteiger partial charge in [0.15, 0.2) is 0 Å². The Kier molecular flexibility index (Phi) is 4.94. The number of ether oxygens (including phenoxy) is 1. The summed E-state index contributed by atoms with van der Waals surface area (Å²) in [7, 11) is 0. The van der Waals surface area contributed by atoms with Gasteiger partial charge in [-0.05, 0) is 38.0 Å². The molecule has 1 atom stereocenters. The van der Waals surface area contributed by atoms with Gasteiger partial charge in [-0.25, -0.2) is 0 Å². The third-order valence-corrected chi connectivity index (χ3v) is 3.29. The molecule has 3 heteroatoms. The molecule has 0 fully saturated rings. The molecular formula is C14H17BrO2. The summed E-state index contributed by atoms with van der Waals surface area (Å²) in [5, 5.41) is 0. The first-order chi connectivity index (χ1) is 8.04. The zero-order valence-corrected chi connectivity index (χ0v) is 11.8. The molecule has 0 amide bonds. The fraction of sp³-hybridized carbons (Fsp3) is 0.357. The van der Waals surface area contributed by atoms with Gasteiger partial charge in [-0.15, -0.1) is 6.58 Å². The van der Waals surface area contributed by atoms with Gasteiger partial charge in [0.25, 0.3) is 0 Å². The number of hydrogen-bond donors (Lipinski definition) is 0. The minimum atomic E-state index is -0.654. The second-order valence-electron chi connectivity index (χ2n) is 4.05. The molecule has 0 radical (unpaired) electrons. The van der Waals surface area contributed by atoms with Crippen LogP contribution in [0.1, 0.15) is 25.8 Å². The smallest absolute Gasteiger partial charge is 0.316 e. The lowest BCUT2D eigenvalue weighted by molar-refractivity contribution is -0.149. The van der Waals surface area contributed by atoms with Crippen LogP contribution >= 0.6 is 15.9 Å². The molecule has 1 rings (SSSR count). The monoisotopic (exact) mass is 296 g/mol. The fourth-order valence-electron chi connectivity index (χ4n) is 1.72. The Labute approximate surface area is 111 Å². The number of allylic oxidation sites excluding steroid dienone is 1. The highest BCUT2D eigenvalue weighted by Crippen LogP contribution is 2.30. The Morgan fingerprint density at radius 3 is 2.53 bits per heavy atom. The standard InChI is InChI=1S/C14H17BrO2/c1-4-10-14(3,13(16)17-5-2)11-6-8-12(15)9-7-11/h4,6-9H,1,5,10H2,2-3H3. The van der Waals surface area contributed by atoms with Gasteiger partial charge in [-0.3, -0.25) is 4.79 Å². The lowest BCUT2D eigenvalue weighted by atomic mass is 9.79. The summed E-state index contributed by atoms with van der Waals surface area (Å²) < 4.78 is 6.14. The normalized spacial score (nSPS) is 13.8. The Bertz CT molecular complexity index is 397. The van der Waals surface area contributed by atoms with E-state index in [2.05, 4.69) is 22.5 Å². The minimum Gasteiger partial charge on any atom is -0.465 e. The van der Waals surface area contributed by atoms with Crippen LogP contribution in [0.5, 0.6) is 0 Å². The molecule has 2 nitrogen and oxygen atoms in total. The first kappa shape index (κ1) is 14.0. The van der Waals surface area contributed by atoms with Crippen LogP contribution in [0.2, 0.25) is 0 Å². The summed E-state index contributed by atoms with van der Waals surface area (Å²) in [6.07, 6.45) is 2.31. The first-order valence-corrected chi connectivity index (χ1v) is 6.38. The zero-order valence-electron chi connectivity index (χ0n) is 10.2. The Morgan fingerprint density at radius 2 is 2.06 bits per heavy atom. The Hall–Kier alpha value is -1.09. The molecule has 1 aromatic carbocycles. The maximum atomic E-state index is 12.1. The van der Waals surface area contributed by atoms with Gasteiger partial charge in [0.05, 0.1) is 12.0 Å². The highest BCUT2D eigenvalue weighted by atomic mass is 79.9. The van der Waals surface area contributed by atoms with Crippen molar-refractivity contribution in [3.8, 4) is 0 Å². The summed E-state index contributed by atoms with van der Waals surface area (Å²) in [6.45, 7) is 7.80. The molecule has 0 aliphatic heterocycles. The molecule has 0 aliphatic carbocycles. The predicted octanol–water partition coefficient (Wildman–Crippen LogP) is 3.85. The maximum absolute atomic E-state index is 12.1. The topological polar surface area (TPSA) is 26.3 Å². The Morgan fingerprint density at radius 1 is 1.47 bits per heavy atom. The third kappa shape index (κ3) is 3.19. The second-order valence-corrected chi connectivity index (χ2v) is 4.97. The van der Waals surface area contributed by atoms with Crippen LogP contribution in [0.15, 0.2) is 41.4 Å². The number of benzene rings is 1. The van der Waals surface area contributed by atoms with E-state index in [9.17, 15) is 4.79 Å². The van der Waals surface area contributed by atoms with Crippen LogP contribution in [0.4, 0.5) is 0 Å². The maximum Gasteiger partial charge on any atom is 0.316 e. The molecule has 1 unspecified atom stereocenters. The number of halogens is 1. The van der Waals surface area contributed by atoms with E-state index in [1.165, 1.54) is 0 Å². The van der Waals surface area contributed by atoms with E-state index in [0.29, 0.717) is 13.0 Å². The lowest BCUT2D eigenvalue weighted by Crippen LogP contribution is -2.34. The third-order valence-electron chi connectivity index (χ3n) is 2.76. The summed E-state index contributed by atoms with van der Waals surface area (Å²) in [5.41, 5.74) is 0.289. The number of rotatable bonds is 5. The van der Waals surface area contributed by atoms with E-state index in [4.69, 9.17) is 4.74 Å². The molecule has 1 aromatic rings. The fourth-order valence-corrected chi connectivity index (χ4v) is 1.98. The zero-order chi connectivity index (χ0) is 12.9. The average molecular weight is 297 g/mol. The summed E-state index contributed by atoms with van der Waals surface area (Å²) >= 11 is 3.38. The molecule has 0 saturated heterocycles. The van der Waals surface area contributed by atoms with Crippen molar-refractivity contribution in [3.05, 3.63) is 47.0 Å².